The van der Waals surface area contributed by atoms with E-state index in [1.165, 1.54) is 62.1 Å². The number of fused-ring (bicyclic) bond motifs is 1. The topological polar surface area (TPSA) is 67.1 Å². The molecule has 0 amide bonds. The minimum atomic E-state index is 0.267. The summed E-state index contributed by atoms with van der Waals surface area (Å²) in [4.78, 5) is 5.99. The highest BCUT2D eigenvalue weighted by atomic mass is 32.1. The van der Waals surface area contributed by atoms with Crippen molar-refractivity contribution in [3.63, 3.8) is 0 Å². The lowest BCUT2D eigenvalue weighted by atomic mass is 9.73. The zero-order valence-corrected chi connectivity index (χ0v) is 19.1. The van der Waals surface area contributed by atoms with Crippen LogP contribution in [-0.2, 0) is 24.8 Å². The Labute approximate surface area is 184 Å². The molecular formula is C23H36N6S. The summed E-state index contributed by atoms with van der Waals surface area (Å²) in [5.74, 6) is 3.24. The molecule has 1 aliphatic carbocycles. The van der Waals surface area contributed by atoms with Crippen LogP contribution in [0.15, 0.2) is 22.5 Å². The molecule has 3 heterocycles. The van der Waals surface area contributed by atoms with E-state index in [2.05, 4.69) is 47.9 Å². The monoisotopic (exact) mass is 428 g/mol. The predicted octanol–water partition coefficient (Wildman–Crippen LogP) is 4.07. The van der Waals surface area contributed by atoms with Crippen LogP contribution in [0.1, 0.15) is 74.3 Å². The van der Waals surface area contributed by atoms with Gasteiger partial charge in [-0.2, -0.15) is 0 Å². The average Bonchev–Trinajstić information content (AvgIpc) is 3.40. The highest BCUT2D eigenvalue weighted by molar-refractivity contribution is 7.10. The van der Waals surface area contributed by atoms with E-state index in [1.807, 2.05) is 18.4 Å². The number of hydrogen-bond donors (Lipinski definition) is 2. The molecule has 2 aromatic heterocycles. The van der Waals surface area contributed by atoms with Gasteiger partial charge in [-0.15, -0.1) is 21.5 Å². The molecule has 1 aliphatic heterocycles. The number of nitrogens with zero attached hydrogens (tertiary/aromatic N) is 4. The van der Waals surface area contributed by atoms with Crippen molar-refractivity contribution in [2.75, 3.05) is 20.1 Å². The zero-order chi connectivity index (χ0) is 20.7. The summed E-state index contributed by atoms with van der Waals surface area (Å²) >= 11 is 1.90. The Morgan fingerprint density at radius 3 is 2.80 bits per heavy atom. The highest BCUT2D eigenvalue weighted by Gasteiger charge is 2.34. The van der Waals surface area contributed by atoms with Gasteiger partial charge < -0.3 is 15.2 Å². The van der Waals surface area contributed by atoms with Crippen LogP contribution in [0.5, 0.6) is 0 Å². The second kappa shape index (κ2) is 10.4. The summed E-state index contributed by atoms with van der Waals surface area (Å²) in [6, 6.07) is 4.50. The molecule has 0 unspecified atom stereocenters. The molecule has 7 heteroatoms. The van der Waals surface area contributed by atoms with Gasteiger partial charge in [0.25, 0.3) is 0 Å². The summed E-state index contributed by atoms with van der Waals surface area (Å²) < 4.78 is 2.36. The van der Waals surface area contributed by atoms with Crippen molar-refractivity contribution in [3.8, 4) is 0 Å². The van der Waals surface area contributed by atoms with Gasteiger partial charge in [0, 0.05) is 49.8 Å². The molecule has 2 N–H and O–H groups in total. The van der Waals surface area contributed by atoms with E-state index in [9.17, 15) is 0 Å². The lowest BCUT2D eigenvalue weighted by molar-refractivity contribution is 0.296. The van der Waals surface area contributed by atoms with Crippen LogP contribution in [0.2, 0.25) is 0 Å². The van der Waals surface area contributed by atoms with Crippen LogP contribution in [0.25, 0.3) is 0 Å². The fraction of sp³-hybridized carbons (Fsp3) is 0.696. The first-order valence-corrected chi connectivity index (χ1v) is 12.6. The number of aliphatic imine (C=N–C) groups is 1. The SMILES string of the molecule is CN=C(NCCCc1nnc2n1CCCCC2)NCC1(c2cccs2)CCCCC1. The second-order valence-electron chi connectivity index (χ2n) is 8.77. The van der Waals surface area contributed by atoms with Gasteiger partial charge in [0.05, 0.1) is 0 Å². The van der Waals surface area contributed by atoms with E-state index in [1.54, 1.807) is 0 Å². The van der Waals surface area contributed by atoms with E-state index >= 15 is 0 Å². The molecule has 4 rings (SSSR count). The molecule has 1 saturated carbocycles. The minimum Gasteiger partial charge on any atom is -0.356 e. The smallest absolute Gasteiger partial charge is 0.191 e. The largest absolute Gasteiger partial charge is 0.356 e. The number of aromatic nitrogens is 3. The molecule has 164 valence electrons. The van der Waals surface area contributed by atoms with Gasteiger partial charge in [0.1, 0.15) is 11.6 Å². The van der Waals surface area contributed by atoms with Crippen LogP contribution in [0.3, 0.4) is 0 Å². The Balaban J connectivity index is 1.26. The van der Waals surface area contributed by atoms with Crippen LogP contribution in [0, 0.1) is 0 Å². The predicted molar refractivity (Wildman–Crippen MR) is 124 cm³/mol. The fourth-order valence-electron chi connectivity index (χ4n) is 4.98. The lowest BCUT2D eigenvalue weighted by Gasteiger charge is -2.37. The third-order valence-electron chi connectivity index (χ3n) is 6.73. The Hall–Kier alpha value is -1.89. The minimum absolute atomic E-state index is 0.267. The van der Waals surface area contributed by atoms with Crippen molar-refractivity contribution >= 4 is 17.3 Å². The number of aryl methyl sites for hydroxylation is 2. The highest BCUT2D eigenvalue weighted by Crippen LogP contribution is 2.41. The Morgan fingerprint density at radius 2 is 2.00 bits per heavy atom. The van der Waals surface area contributed by atoms with Crippen molar-refractivity contribution in [1.29, 1.82) is 0 Å². The molecule has 0 bridgehead atoms. The maximum absolute atomic E-state index is 4.47. The molecule has 0 radical (unpaired) electrons. The van der Waals surface area contributed by atoms with Gasteiger partial charge in [-0.05, 0) is 43.6 Å². The molecule has 0 spiro atoms. The second-order valence-corrected chi connectivity index (χ2v) is 9.72. The molecule has 1 fully saturated rings. The van der Waals surface area contributed by atoms with Crippen LogP contribution in [-0.4, -0.2) is 40.9 Å². The molecular weight excluding hydrogens is 392 g/mol. The quantitative estimate of drug-likeness (QED) is 0.396. The Bertz CT molecular complexity index is 804. The summed E-state index contributed by atoms with van der Waals surface area (Å²) in [5.41, 5.74) is 0.267. The zero-order valence-electron chi connectivity index (χ0n) is 18.3. The van der Waals surface area contributed by atoms with E-state index < -0.39 is 0 Å². The molecule has 0 saturated heterocycles. The van der Waals surface area contributed by atoms with Gasteiger partial charge in [-0.1, -0.05) is 31.7 Å². The van der Waals surface area contributed by atoms with E-state index in [0.29, 0.717) is 0 Å². The Kier molecular flexibility index (Phi) is 7.42. The van der Waals surface area contributed by atoms with Crippen LogP contribution >= 0.6 is 11.3 Å². The van der Waals surface area contributed by atoms with E-state index in [4.69, 9.17) is 0 Å². The summed E-state index contributed by atoms with van der Waals surface area (Å²) in [6.07, 6.45) is 13.5. The number of nitrogens with one attached hydrogen (secondary N) is 2. The maximum atomic E-state index is 4.47. The van der Waals surface area contributed by atoms with Gasteiger partial charge in [-0.25, -0.2) is 0 Å². The first-order chi connectivity index (χ1) is 14.8. The summed E-state index contributed by atoms with van der Waals surface area (Å²) in [6.45, 7) is 2.94. The standard InChI is InChI=1S/C23H36N6S/c1-24-22(26-18-23(13-5-3-6-14-23)19-10-9-17-30-19)25-15-8-12-21-28-27-20-11-4-2-7-16-29(20)21/h9-10,17H,2-8,11-16,18H2,1H3,(H2,24,25,26). The van der Waals surface area contributed by atoms with Crippen LogP contribution in [0.4, 0.5) is 0 Å². The summed E-state index contributed by atoms with van der Waals surface area (Å²) in [5, 5.41) is 18.2. The van der Waals surface area contributed by atoms with Crippen LogP contribution < -0.4 is 10.6 Å². The van der Waals surface area contributed by atoms with Crippen molar-refractivity contribution in [1.82, 2.24) is 25.4 Å². The van der Waals surface area contributed by atoms with Crippen molar-refractivity contribution in [3.05, 3.63) is 34.0 Å². The Morgan fingerprint density at radius 1 is 1.13 bits per heavy atom. The normalized spacial score (nSPS) is 19.2. The lowest BCUT2D eigenvalue weighted by Crippen LogP contribution is -2.46. The number of rotatable bonds is 7. The average molecular weight is 429 g/mol. The third kappa shape index (κ3) is 5.05. The van der Waals surface area contributed by atoms with Gasteiger partial charge >= 0.3 is 0 Å². The molecule has 0 atom stereocenters. The van der Waals surface area contributed by atoms with Gasteiger partial charge in [0.2, 0.25) is 0 Å². The fourth-order valence-corrected chi connectivity index (χ4v) is 5.96. The molecule has 0 aromatic carbocycles. The first-order valence-electron chi connectivity index (χ1n) is 11.7. The van der Waals surface area contributed by atoms with E-state index in [-0.39, 0.29) is 5.41 Å². The maximum Gasteiger partial charge on any atom is 0.191 e. The van der Waals surface area contributed by atoms with E-state index in [0.717, 1.165) is 50.7 Å². The number of thiophene rings is 1. The molecule has 2 aromatic rings. The van der Waals surface area contributed by atoms with Crippen molar-refractivity contribution in [2.45, 2.75) is 82.6 Å². The van der Waals surface area contributed by atoms with Crippen molar-refractivity contribution < 1.29 is 0 Å². The van der Waals surface area contributed by atoms with Crippen molar-refractivity contribution in [2.24, 2.45) is 4.99 Å². The first kappa shape index (κ1) is 21.3. The number of guanidine groups is 1. The molecule has 6 nitrogen and oxygen atoms in total. The molecule has 30 heavy (non-hydrogen) atoms. The summed E-state index contributed by atoms with van der Waals surface area (Å²) in [7, 11) is 1.87. The molecule has 2 aliphatic rings. The van der Waals surface area contributed by atoms with Gasteiger partial charge in [-0.3, -0.25) is 4.99 Å². The number of hydrogen-bond acceptors (Lipinski definition) is 4. The van der Waals surface area contributed by atoms with Gasteiger partial charge in [0.15, 0.2) is 5.96 Å². The third-order valence-corrected chi connectivity index (χ3v) is 7.84.